The lowest BCUT2D eigenvalue weighted by Crippen LogP contribution is -2.79. The van der Waals surface area contributed by atoms with E-state index in [0.717, 1.165) is 30.2 Å². The van der Waals surface area contributed by atoms with Crippen molar-refractivity contribution in [1.82, 2.24) is 10.3 Å². The molecular formula is C26H31N3O2SSi. The minimum atomic E-state index is -0.701. The van der Waals surface area contributed by atoms with Crippen LogP contribution in [0.2, 0.25) is 0 Å². The molecule has 0 saturated carbocycles. The molecule has 0 radical (unpaired) electrons. The Morgan fingerprint density at radius 1 is 1.12 bits per heavy atom. The quantitative estimate of drug-likeness (QED) is 0.434. The van der Waals surface area contributed by atoms with Gasteiger partial charge in [-0.3, -0.25) is 4.79 Å². The fourth-order valence-electron chi connectivity index (χ4n) is 5.65. The standard InChI is InChI=1S/C26H31N3O2SSi/c1-24(2,3)25(18-10-6-4-7-11-18)17-29(26(25,31-33)19-12-8-5-9-13-19)23-28-21(16-32-23)22(30)20-14-15-27-20/h4-13,16,20,27H,14-15,17H2,1-3,33H3. The molecule has 33 heavy (non-hydrogen) atoms. The van der Waals surface area contributed by atoms with E-state index in [4.69, 9.17) is 9.41 Å². The molecule has 2 aliphatic heterocycles. The van der Waals surface area contributed by atoms with Crippen LogP contribution in [0.5, 0.6) is 0 Å². The monoisotopic (exact) mass is 477 g/mol. The Morgan fingerprint density at radius 2 is 1.73 bits per heavy atom. The molecule has 0 spiro atoms. The van der Waals surface area contributed by atoms with Crippen LogP contribution in [-0.2, 0) is 15.6 Å². The van der Waals surface area contributed by atoms with Gasteiger partial charge >= 0.3 is 0 Å². The van der Waals surface area contributed by atoms with Gasteiger partial charge < -0.3 is 14.6 Å². The summed E-state index contributed by atoms with van der Waals surface area (Å²) in [6, 6.07) is 21.1. The van der Waals surface area contributed by atoms with Crippen molar-refractivity contribution in [3.63, 3.8) is 0 Å². The molecule has 1 N–H and O–H groups in total. The predicted octanol–water partition coefficient (Wildman–Crippen LogP) is 3.64. The number of benzene rings is 2. The summed E-state index contributed by atoms with van der Waals surface area (Å²) in [4.78, 5) is 19.9. The third-order valence-electron chi connectivity index (χ3n) is 7.48. The normalized spacial score (nSPS) is 27.1. The number of thiazole rings is 1. The maximum Gasteiger partial charge on any atom is 0.199 e. The van der Waals surface area contributed by atoms with Crippen molar-refractivity contribution >= 4 is 32.7 Å². The van der Waals surface area contributed by atoms with E-state index in [0.29, 0.717) is 16.2 Å². The van der Waals surface area contributed by atoms with Gasteiger partial charge in [0.2, 0.25) is 0 Å². The van der Waals surface area contributed by atoms with E-state index in [1.807, 2.05) is 11.4 Å². The highest BCUT2D eigenvalue weighted by Gasteiger charge is 2.71. The Bertz CT molecular complexity index is 1140. The molecule has 5 rings (SSSR count). The number of carbonyl (C=O) groups excluding carboxylic acids is 1. The van der Waals surface area contributed by atoms with Crippen LogP contribution in [0, 0.1) is 5.41 Å². The van der Waals surface area contributed by atoms with Crippen molar-refractivity contribution < 1.29 is 9.22 Å². The highest BCUT2D eigenvalue weighted by molar-refractivity contribution is 7.14. The molecule has 172 valence electrons. The second-order valence-corrected chi connectivity index (χ2v) is 11.2. The first-order chi connectivity index (χ1) is 15.8. The van der Waals surface area contributed by atoms with Gasteiger partial charge in [0.1, 0.15) is 16.2 Å². The fraction of sp³-hybridized carbons (Fsp3) is 0.385. The van der Waals surface area contributed by atoms with Gasteiger partial charge in [-0.15, -0.1) is 11.3 Å². The highest BCUT2D eigenvalue weighted by Crippen LogP contribution is 2.64. The van der Waals surface area contributed by atoms with E-state index in [9.17, 15) is 4.79 Å². The van der Waals surface area contributed by atoms with Crippen LogP contribution < -0.4 is 10.2 Å². The fourth-order valence-corrected chi connectivity index (χ4v) is 7.31. The Morgan fingerprint density at radius 3 is 2.24 bits per heavy atom. The van der Waals surface area contributed by atoms with Gasteiger partial charge in [-0.2, -0.15) is 0 Å². The molecule has 0 bridgehead atoms. The molecule has 3 unspecified atom stereocenters. The van der Waals surface area contributed by atoms with Crippen molar-refractivity contribution in [2.45, 2.75) is 44.4 Å². The van der Waals surface area contributed by atoms with Crippen molar-refractivity contribution in [1.29, 1.82) is 0 Å². The van der Waals surface area contributed by atoms with Crippen LogP contribution in [0.25, 0.3) is 0 Å². The summed E-state index contributed by atoms with van der Waals surface area (Å²) in [6.07, 6.45) is 0.883. The molecule has 1 aromatic heterocycles. The van der Waals surface area contributed by atoms with E-state index in [1.165, 1.54) is 16.9 Å². The third-order valence-corrected chi connectivity index (χ3v) is 8.93. The number of anilines is 1. The van der Waals surface area contributed by atoms with Crippen LogP contribution >= 0.6 is 11.3 Å². The number of Topliss-reactive ketones (excluding diaryl/α,β-unsaturated/α-hetero) is 1. The lowest BCUT2D eigenvalue weighted by molar-refractivity contribution is -0.130. The minimum Gasteiger partial charge on any atom is -0.402 e. The summed E-state index contributed by atoms with van der Waals surface area (Å²) in [6.45, 7) is 8.56. The van der Waals surface area contributed by atoms with E-state index in [2.05, 4.69) is 85.6 Å². The second-order valence-electron chi connectivity index (χ2n) is 10.00. The number of nitrogens with one attached hydrogen (secondary N) is 1. The molecule has 2 aromatic carbocycles. The van der Waals surface area contributed by atoms with Crippen LogP contribution in [0.1, 0.15) is 48.8 Å². The van der Waals surface area contributed by atoms with Crippen molar-refractivity contribution in [2.24, 2.45) is 5.41 Å². The number of carbonyl (C=O) groups is 1. The van der Waals surface area contributed by atoms with Crippen LogP contribution in [0.15, 0.2) is 66.0 Å². The number of hydrogen-bond acceptors (Lipinski definition) is 6. The molecule has 0 amide bonds. The highest BCUT2D eigenvalue weighted by atomic mass is 32.1. The summed E-state index contributed by atoms with van der Waals surface area (Å²) in [5, 5.41) is 5.94. The molecule has 3 heterocycles. The molecule has 2 fully saturated rings. The molecule has 2 saturated heterocycles. The molecular weight excluding hydrogens is 446 g/mol. The first kappa shape index (κ1) is 22.5. The molecule has 3 aromatic rings. The Kier molecular flexibility index (Phi) is 5.56. The van der Waals surface area contributed by atoms with Crippen LogP contribution in [0.3, 0.4) is 0 Å². The first-order valence-corrected chi connectivity index (χ1v) is 13.2. The zero-order chi connectivity index (χ0) is 23.3. The van der Waals surface area contributed by atoms with Crippen molar-refractivity contribution in [3.05, 3.63) is 82.9 Å². The Hall–Kier alpha value is -2.32. The van der Waals surface area contributed by atoms with Gasteiger partial charge in [-0.05, 0) is 23.9 Å². The van der Waals surface area contributed by atoms with Gasteiger partial charge in [0, 0.05) is 17.5 Å². The summed E-state index contributed by atoms with van der Waals surface area (Å²) < 4.78 is 6.71. The van der Waals surface area contributed by atoms with Gasteiger partial charge in [0.05, 0.1) is 11.5 Å². The van der Waals surface area contributed by atoms with Crippen LogP contribution in [0.4, 0.5) is 5.13 Å². The number of aromatic nitrogens is 1. The van der Waals surface area contributed by atoms with E-state index in [-0.39, 0.29) is 22.7 Å². The average Bonchev–Trinajstić information content (AvgIpc) is 3.23. The SMILES string of the molecule is CC(C)(C)C1(c2ccccc2)CN(c2nc(C(=O)C3CCN3)cs2)C1(O[SiH3])c1ccccc1. The van der Waals surface area contributed by atoms with Gasteiger partial charge in [-0.1, -0.05) is 81.4 Å². The predicted molar refractivity (Wildman–Crippen MR) is 137 cm³/mol. The Balaban J connectivity index is 1.66. The summed E-state index contributed by atoms with van der Waals surface area (Å²) in [5.41, 5.74) is 1.84. The number of hydrogen-bond donors (Lipinski definition) is 1. The lowest BCUT2D eigenvalue weighted by Gasteiger charge is -2.70. The summed E-state index contributed by atoms with van der Waals surface area (Å²) in [5.74, 6) is 0.0894. The minimum absolute atomic E-state index is 0.0894. The molecule has 5 nitrogen and oxygen atoms in total. The molecule has 3 atom stereocenters. The Labute approximate surface area is 202 Å². The van der Waals surface area contributed by atoms with E-state index in [1.54, 1.807) is 0 Å². The average molecular weight is 478 g/mol. The van der Waals surface area contributed by atoms with Crippen molar-refractivity contribution in [3.8, 4) is 0 Å². The van der Waals surface area contributed by atoms with Gasteiger partial charge in [-0.25, -0.2) is 4.98 Å². The second kappa shape index (κ2) is 8.16. The van der Waals surface area contributed by atoms with E-state index >= 15 is 0 Å². The smallest absolute Gasteiger partial charge is 0.199 e. The number of ketones is 1. The number of rotatable bonds is 6. The summed E-state index contributed by atoms with van der Waals surface area (Å²) >= 11 is 1.53. The molecule has 2 aliphatic rings. The largest absolute Gasteiger partial charge is 0.402 e. The van der Waals surface area contributed by atoms with Gasteiger partial charge in [0.15, 0.2) is 16.6 Å². The molecule has 0 aliphatic carbocycles. The zero-order valence-corrected chi connectivity index (χ0v) is 22.5. The molecule has 7 heteroatoms. The topological polar surface area (TPSA) is 54.5 Å². The third kappa shape index (κ3) is 3.17. The zero-order valence-electron chi connectivity index (χ0n) is 19.7. The maximum absolute atomic E-state index is 12.8. The first-order valence-electron chi connectivity index (χ1n) is 11.5. The number of nitrogens with zero attached hydrogens (tertiary/aromatic N) is 2. The van der Waals surface area contributed by atoms with Crippen LogP contribution in [-0.4, -0.2) is 40.4 Å². The summed E-state index contributed by atoms with van der Waals surface area (Å²) in [7, 11) is 0.556. The lowest BCUT2D eigenvalue weighted by atomic mass is 9.50. The maximum atomic E-state index is 12.8. The van der Waals surface area contributed by atoms with Gasteiger partial charge in [0.25, 0.3) is 0 Å². The van der Waals surface area contributed by atoms with Crippen molar-refractivity contribution in [2.75, 3.05) is 18.0 Å². The van der Waals surface area contributed by atoms with E-state index < -0.39 is 5.72 Å².